The van der Waals surface area contributed by atoms with Gasteiger partial charge >= 0.3 is 12.3 Å². The minimum atomic E-state index is -4.17. The van der Waals surface area contributed by atoms with Crippen molar-refractivity contribution in [2.24, 2.45) is 0 Å². The van der Waals surface area contributed by atoms with Crippen LogP contribution in [0.15, 0.2) is 0 Å². The maximum atomic E-state index is 12.6. The van der Waals surface area contributed by atoms with Crippen molar-refractivity contribution in [2.75, 3.05) is 6.54 Å². The van der Waals surface area contributed by atoms with Gasteiger partial charge in [0.1, 0.15) is 0 Å². The number of nitrogens with one attached hydrogen (secondary N) is 2. The summed E-state index contributed by atoms with van der Waals surface area (Å²) in [5, 5.41) is 4.80. The van der Waals surface area contributed by atoms with Crippen LogP contribution in [0.4, 0.5) is 17.6 Å². The maximum absolute atomic E-state index is 12.6. The first kappa shape index (κ1) is 14.2. The number of carbonyl (C=O) groups is 1. The summed E-state index contributed by atoms with van der Waals surface area (Å²) in [4.78, 5) is 11.5. The molecule has 2 N–H and O–H groups in total. The third kappa shape index (κ3) is 4.14. The number of amides is 1. The summed E-state index contributed by atoms with van der Waals surface area (Å²) in [6.07, 6.45) is -1.49. The summed E-state index contributed by atoms with van der Waals surface area (Å²) in [6.45, 7) is 0.559. The second-order valence-electron chi connectivity index (χ2n) is 4.33. The van der Waals surface area contributed by atoms with Crippen LogP contribution in [0.25, 0.3) is 0 Å². The van der Waals surface area contributed by atoms with Crippen molar-refractivity contribution in [3.63, 3.8) is 0 Å². The molecule has 0 saturated carbocycles. The highest BCUT2D eigenvalue weighted by Gasteiger charge is 2.41. The third-order valence-electron chi connectivity index (χ3n) is 2.75. The number of halogens is 4. The molecule has 0 aromatic carbocycles. The summed E-state index contributed by atoms with van der Waals surface area (Å²) in [6, 6.07) is -0.428. The largest absolute Gasteiger partial charge is 0.348 e. The number of carbonyl (C=O) groups excluding carboxylic acids is 1. The molecule has 0 spiro atoms. The summed E-state index contributed by atoms with van der Waals surface area (Å²) >= 11 is 0. The van der Waals surface area contributed by atoms with Gasteiger partial charge in [0.05, 0.1) is 12.6 Å². The monoisotopic (exact) mass is 256 g/mol. The summed E-state index contributed by atoms with van der Waals surface area (Å²) in [5.41, 5.74) is 0. The third-order valence-corrected chi connectivity index (χ3v) is 2.75. The predicted molar refractivity (Wildman–Crippen MR) is 54.2 cm³/mol. The van der Waals surface area contributed by atoms with E-state index in [1.54, 1.807) is 0 Å². The first-order valence-electron chi connectivity index (χ1n) is 5.52. The van der Waals surface area contributed by atoms with Crippen LogP contribution in [0, 0.1) is 0 Å². The zero-order valence-corrected chi connectivity index (χ0v) is 9.48. The van der Waals surface area contributed by atoms with E-state index in [1.165, 1.54) is 0 Å². The molecule has 1 aliphatic heterocycles. The predicted octanol–water partition coefficient (Wildman–Crippen LogP) is 1.53. The quantitative estimate of drug-likeness (QED) is 0.749. The van der Waals surface area contributed by atoms with E-state index in [0.717, 1.165) is 12.8 Å². The van der Waals surface area contributed by atoms with Crippen molar-refractivity contribution < 1.29 is 22.4 Å². The highest BCUT2D eigenvalue weighted by Crippen LogP contribution is 2.21. The van der Waals surface area contributed by atoms with Crippen LogP contribution < -0.4 is 10.6 Å². The molecule has 2 unspecified atom stereocenters. The van der Waals surface area contributed by atoms with Crippen molar-refractivity contribution >= 4 is 5.91 Å². The van der Waals surface area contributed by atoms with Gasteiger partial charge in [-0.25, -0.2) is 8.78 Å². The molecule has 1 heterocycles. The molecule has 2 atom stereocenters. The van der Waals surface area contributed by atoms with Crippen LogP contribution in [0.3, 0.4) is 0 Å². The second kappa shape index (κ2) is 5.66. The van der Waals surface area contributed by atoms with Crippen LogP contribution in [-0.2, 0) is 4.79 Å². The molecule has 0 aromatic rings. The van der Waals surface area contributed by atoms with Crippen LogP contribution >= 0.6 is 0 Å². The lowest BCUT2D eigenvalue weighted by Gasteiger charge is -2.28. The molecule has 0 aliphatic carbocycles. The van der Waals surface area contributed by atoms with Crippen LogP contribution in [0.5, 0.6) is 0 Å². The van der Waals surface area contributed by atoms with Gasteiger partial charge in [0.2, 0.25) is 5.91 Å². The standard InChI is InChI=1S/C10H16F4N2O/c1-6-3-2-4-7(16-6)8(17)15-5-10(13,14)9(11)12/h6-7,9,16H,2-5H2,1H3,(H,15,17). The maximum Gasteiger partial charge on any atom is 0.324 e. The van der Waals surface area contributed by atoms with Gasteiger partial charge in [-0.1, -0.05) is 0 Å². The highest BCUT2D eigenvalue weighted by atomic mass is 19.3. The fraction of sp³-hybridized carbons (Fsp3) is 0.900. The molecule has 0 radical (unpaired) electrons. The van der Waals surface area contributed by atoms with Gasteiger partial charge in [-0.05, 0) is 26.2 Å². The Kier molecular flexibility index (Phi) is 4.73. The molecule has 100 valence electrons. The van der Waals surface area contributed by atoms with Gasteiger partial charge in [-0.15, -0.1) is 0 Å². The van der Waals surface area contributed by atoms with Crippen LogP contribution in [0.1, 0.15) is 26.2 Å². The van der Waals surface area contributed by atoms with E-state index in [2.05, 4.69) is 5.32 Å². The van der Waals surface area contributed by atoms with E-state index in [4.69, 9.17) is 0 Å². The fourth-order valence-corrected chi connectivity index (χ4v) is 1.75. The van der Waals surface area contributed by atoms with Gasteiger partial charge in [0.25, 0.3) is 0 Å². The van der Waals surface area contributed by atoms with Crippen molar-refractivity contribution in [1.29, 1.82) is 0 Å². The Hall–Kier alpha value is -0.850. The molecule has 0 aromatic heterocycles. The molecule has 1 aliphatic rings. The fourth-order valence-electron chi connectivity index (χ4n) is 1.75. The number of hydrogen-bond donors (Lipinski definition) is 2. The van der Waals surface area contributed by atoms with Crippen molar-refractivity contribution in [1.82, 2.24) is 10.6 Å². The van der Waals surface area contributed by atoms with E-state index in [0.29, 0.717) is 6.42 Å². The molecule has 0 bridgehead atoms. The average Bonchev–Trinajstić information content (AvgIpc) is 2.25. The van der Waals surface area contributed by atoms with Gasteiger partial charge in [-0.2, -0.15) is 8.78 Å². The molecule has 1 amide bonds. The number of alkyl halides is 4. The molecular formula is C10H16F4N2O. The van der Waals surface area contributed by atoms with Crippen LogP contribution in [-0.4, -0.2) is 36.9 Å². The Morgan fingerprint density at radius 1 is 1.47 bits per heavy atom. The first-order valence-corrected chi connectivity index (χ1v) is 5.52. The molecule has 3 nitrogen and oxygen atoms in total. The Bertz CT molecular complexity index is 273. The molecule has 17 heavy (non-hydrogen) atoms. The normalized spacial score (nSPS) is 26.0. The van der Waals surface area contributed by atoms with Gasteiger partial charge in [0, 0.05) is 6.04 Å². The summed E-state index contributed by atoms with van der Waals surface area (Å²) < 4.78 is 48.8. The van der Waals surface area contributed by atoms with E-state index in [9.17, 15) is 22.4 Å². The number of piperidine rings is 1. The zero-order valence-electron chi connectivity index (χ0n) is 9.48. The minimum Gasteiger partial charge on any atom is -0.348 e. The smallest absolute Gasteiger partial charge is 0.324 e. The van der Waals surface area contributed by atoms with E-state index in [-0.39, 0.29) is 6.04 Å². The van der Waals surface area contributed by atoms with Gasteiger partial charge in [0.15, 0.2) is 0 Å². The number of hydrogen-bond acceptors (Lipinski definition) is 2. The van der Waals surface area contributed by atoms with E-state index < -0.39 is 30.8 Å². The van der Waals surface area contributed by atoms with Gasteiger partial charge < -0.3 is 10.6 Å². The van der Waals surface area contributed by atoms with E-state index in [1.807, 2.05) is 12.2 Å². The molecule has 7 heteroatoms. The van der Waals surface area contributed by atoms with Crippen LogP contribution in [0.2, 0.25) is 0 Å². The average molecular weight is 256 g/mol. The Morgan fingerprint density at radius 2 is 2.12 bits per heavy atom. The summed E-state index contributed by atoms with van der Waals surface area (Å²) in [7, 11) is 0. The zero-order chi connectivity index (χ0) is 13.1. The van der Waals surface area contributed by atoms with Crippen molar-refractivity contribution in [3.05, 3.63) is 0 Å². The second-order valence-corrected chi connectivity index (χ2v) is 4.33. The Labute approximate surface area is 96.9 Å². The molecule has 1 fully saturated rings. The lowest BCUT2D eigenvalue weighted by atomic mass is 9.99. The number of rotatable bonds is 4. The Morgan fingerprint density at radius 3 is 2.65 bits per heavy atom. The molecule has 1 rings (SSSR count). The lowest BCUT2D eigenvalue weighted by Crippen LogP contribution is -2.52. The topological polar surface area (TPSA) is 41.1 Å². The highest BCUT2D eigenvalue weighted by molar-refractivity contribution is 5.81. The lowest BCUT2D eigenvalue weighted by molar-refractivity contribution is -0.138. The van der Waals surface area contributed by atoms with Crippen molar-refractivity contribution in [2.45, 2.75) is 50.6 Å². The first-order chi connectivity index (χ1) is 7.83. The van der Waals surface area contributed by atoms with Gasteiger partial charge in [-0.3, -0.25) is 4.79 Å². The molecular weight excluding hydrogens is 240 g/mol. The molecule has 1 saturated heterocycles. The Balaban J connectivity index is 2.39. The minimum absolute atomic E-state index is 0.134. The SMILES string of the molecule is CC1CCCC(C(=O)NCC(F)(F)C(F)F)N1. The summed E-state index contributed by atoms with van der Waals surface area (Å²) in [5.74, 6) is -4.81. The van der Waals surface area contributed by atoms with E-state index >= 15 is 0 Å². The van der Waals surface area contributed by atoms with Crippen molar-refractivity contribution in [3.8, 4) is 0 Å².